The van der Waals surface area contributed by atoms with Crippen LogP contribution in [0.4, 0.5) is 15.5 Å². The molecule has 276 valence electrons. The number of nitrogens with zero attached hydrogens (tertiary/aromatic N) is 3. The van der Waals surface area contributed by atoms with E-state index in [9.17, 15) is 24.3 Å². The van der Waals surface area contributed by atoms with Crippen LogP contribution < -0.4 is 9.80 Å². The Kier molecular flexibility index (Phi) is 11.0. The fourth-order valence-electron chi connectivity index (χ4n) is 9.03. The van der Waals surface area contributed by atoms with Crippen molar-refractivity contribution in [2.45, 2.75) is 114 Å². The molecule has 1 spiro atoms. The van der Waals surface area contributed by atoms with Gasteiger partial charge >= 0.3 is 5.97 Å². The number of ether oxygens (including phenoxy) is 2. The first-order valence-corrected chi connectivity index (χ1v) is 21.5. The van der Waals surface area contributed by atoms with Crippen molar-refractivity contribution in [3.05, 3.63) is 59.2 Å². The second kappa shape index (κ2) is 15.2. The molecule has 2 saturated heterocycles. The van der Waals surface area contributed by atoms with E-state index >= 15 is 4.11 Å². The highest BCUT2D eigenvalue weighted by molar-refractivity contribution is 6.72. The number of esters is 1. The summed E-state index contributed by atoms with van der Waals surface area (Å²) in [7, 11) is -2.22. The number of aliphatic hydroxyl groups is 1. The van der Waals surface area contributed by atoms with Gasteiger partial charge in [-0.15, -0.1) is 0 Å². The second-order valence-corrected chi connectivity index (χ2v) is 19.0. The van der Waals surface area contributed by atoms with Gasteiger partial charge in [-0.3, -0.25) is 19.2 Å². The first kappa shape index (κ1) is 37.2. The minimum atomic E-state index is -3.56. The van der Waals surface area contributed by atoms with Crippen LogP contribution in [0.25, 0.3) is 0 Å². The Morgan fingerprint density at radius 2 is 1.80 bits per heavy atom. The molecule has 0 aromatic heterocycles. The van der Waals surface area contributed by atoms with E-state index in [0.717, 1.165) is 36.8 Å². The highest BCUT2D eigenvalue weighted by Gasteiger charge is 2.67. The average Bonchev–Trinajstić information content (AvgIpc) is 3.53. The quantitative estimate of drug-likeness (QED) is 0.143. The van der Waals surface area contributed by atoms with Gasteiger partial charge in [-0.1, -0.05) is 44.0 Å². The molecule has 0 aliphatic carbocycles. The van der Waals surface area contributed by atoms with Gasteiger partial charge in [0, 0.05) is 55.2 Å². The summed E-state index contributed by atoms with van der Waals surface area (Å²) < 4.78 is 28.3. The van der Waals surface area contributed by atoms with Crippen LogP contribution >= 0.6 is 0 Å². The number of unbranched alkanes of at least 4 members (excludes halogenated alkanes) is 1. The van der Waals surface area contributed by atoms with Crippen LogP contribution in [0.2, 0.25) is 18.6 Å². The normalized spacial score (nSPS) is 26.6. The van der Waals surface area contributed by atoms with Gasteiger partial charge in [0.05, 0.1) is 38.0 Å². The van der Waals surface area contributed by atoms with E-state index in [4.69, 9.17) is 9.47 Å². The van der Waals surface area contributed by atoms with Crippen molar-refractivity contribution in [1.29, 1.82) is 0 Å². The van der Waals surface area contributed by atoms with Crippen molar-refractivity contribution in [2.24, 2.45) is 5.92 Å². The van der Waals surface area contributed by atoms with Crippen molar-refractivity contribution >= 4 is 43.5 Å². The monoisotopic (exact) mass is 721 g/mol. The van der Waals surface area contributed by atoms with Gasteiger partial charge in [0.2, 0.25) is 20.2 Å². The Bertz CT molecular complexity index is 1650. The molecule has 5 atom stereocenters. The molecule has 1 N–H and O–H groups in total. The minimum absolute atomic E-state index is 0.0354. The summed E-state index contributed by atoms with van der Waals surface area (Å²) in [5.74, 6) is -1.44. The summed E-state index contributed by atoms with van der Waals surface area (Å²) in [5, 5.41) is 10.3. The number of benzene rings is 2. The van der Waals surface area contributed by atoms with Gasteiger partial charge in [-0.25, -0.2) is 0 Å². The topological polar surface area (TPSA) is 117 Å². The predicted octanol–water partition coefficient (Wildman–Crippen LogP) is 5.78. The molecule has 12 heteroatoms. The number of rotatable bonds is 10. The zero-order valence-electron chi connectivity index (χ0n) is 30.4. The zero-order valence-corrected chi connectivity index (χ0v) is 31.4. The van der Waals surface area contributed by atoms with E-state index in [1.165, 1.54) is 7.11 Å². The Hall–Kier alpha value is -3.61. The molecule has 6 rings (SSSR count). The van der Waals surface area contributed by atoms with Crippen LogP contribution in [0.1, 0.15) is 81.4 Å². The molecule has 4 aliphatic rings. The van der Waals surface area contributed by atoms with Gasteiger partial charge in [-0.05, 0) is 74.5 Å². The van der Waals surface area contributed by atoms with E-state index in [1.54, 1.807) is 27.8 Å². The molecule has 3 amide bonds. The van der Waals surface area contributed by atoms with E-state index in [1.807, 2.05) is 49.4 Å². The fourth-order valence-corrected chi connectivity index (χ4v) is 11.5. The van der Waals surface area contributed by atoms with Gasteiger partial charge in [0.15, 0.2) is 5.60 Å². The van der Waals surface area contributed by atoms with Crippen molar-refractivity contribution in [3.8, 4) is 0 Å². The van der Waals surface area contributed by atoms with E-state index in [-0.39, 0.29) is 43.1 Å². The third-order valence-electron chi connectivity index (χ3n) is 11.6. The summed E-state index contributed by atoms with van der Waals surface area (Å²) >= 11 is 0. The van der Waals surface area contributed by atoms with Crippen LogP contribution in [0, 0.1) is 5.92 Å². The zero-order chi connectivity index (χ0) is 36.5. The molecule has 0 radical (unpaired) electrons. The third kappa shape index (κ3) is 7.11. The molecule has 0 bridgehead atoms. The lowest BCUT2D eigenvalue weighted by Gasteiger charge is -2.37. The Labute approximate surface area is 301 Å². The molecule has 4 aliphatic heterocycles. The highest BCUT2D eigenvalue weighted by Crippen LogP contribution is 2.60. The molecule has 2 aromatic rings. The summed E-state index contributed by atoms with van der Waals surface area (Å²) in [6, 6.07) is 13.1. The summed E-state index contributed by atoms with van der Waals surface area (Å²) in [6.07, 6.45) is 5.00. The number of halogens is 1. The van der Waals surface area contributed by atoms with Crippen LogP contribution in [0.5, 0.6) is 0 Å². The molecule has 2 fully saturated rings. The molecule has 2 aromatic carbocycles. The first-order valence-electron chi connectivity index (χ1n) is 18.6. The fraction of sp³-hybridized carbons (Fsp3) is 0.590. The maximum Gasteiger partial charge on any atom is 0.305 e. The van der Waals surface area contributed by atoms with E-state index in [2.05, 4.69) is 0 Å². The van der Waals surface area contributed by atoms with Crippen molar-refractivity contribution in [2.75, 3.05) is 36.6 Å². The number of aliphatic hydroxyl groups excluding tert-OH is 1. The van der Waals surface area contributed by atoms with Gasteiger partial charge < -0.3 is 33.4 Å². The lowest BCUT2D eigenvalue weighted by Crippen LogP contribution is -2.48. The maximum absolute atomic E-state index is 16.6. The number of methoxy groups -OCH3 is 1. The lowest BCUT2D eigenvalue weighted by atomic mass is 9.82. The van der Waals surface area contributed by atoms with Gasteiger partial charge in [-0.2, -0.15) is 0 Å². The van der Waals surface area contributed by atoms with Crippen LogP contribution in [0.3, 0.4) is 0 Å². The Balaban J connectivity index is 1.36. The minimum Gasteiger partial charge on any atom is -0.469 e. The molecule has 0 unspecified atom stereocenters. The van der Waals surface area contributed by atoms with Crippen molar-refractivity contribution in [3.63, 3.8) is 0 Å². The molecule has 0 saturated carbocycles. The number of fused-ring (bicyclic) bond motifs is 3. The van der Waals surface area contributed by atoms with Crippen LogP contribution in [0.15, 0.2) is 42.5 Å². The molecular weight excluding hydrogens is 670 g/mol. The maximum atomic E-state index is 16.6. The van der Waals surface area contributed by atoms with Gasteiger partial charge in [0.25, 0.3) is 5.91 Å². The lowest BCUT2D eigenvalue weighted by molar-refractivity contribution is -0.151. The molecule has 10 nitrogen and oxygen atoms in total. The molecule has 4 heterocycles. The van der Waals surface area contributed by atoms with Crippen LogP contribution in [-0.4, -0.2) is 81.1 Å². The Morgan fingerprint density at radius 3 is 2.53 bits per heavy atom. The van der Waals surface area contributed by atoms with Crippen molar-refractivity contribution < 1.29 is 37.9 Å². The number of hydrogen-bond acceptors (Lipinski definition) is 7. The summed E-state index contributed by atoms with van der Waals surface area (Å²) in [6.45, 7) is 6.12. The number of amides is 3. The Morgan fingerprint density at radius 1 is 1.06 bits per heavy atom. The second-order valence-electron chi connectivity index (χ2n) is 15.2. The van der Waals surface area contributed by atoms with Crippen LogP contribution in [-0.2, 0) is 47.2 Å². The van der Waals surface area contributed by atoms with Crippen molar-refractivity contribution in [1.82, 2.24) is 4.90 Å². The summed E-state index contributed by atoms with van der Waals surface area (Å²) in [5.41, 5.74) is 1.78. The van der Waals surface area contributed by atoms with Gasteiger partial charge in [0.1, 0.15) is 0 Å². The average molecular weight is 722 g/mol. The largest absolute Gasteiger partial charge is 0.469 e. The number of carbonyl (C=O) groups is 4. The van der Waals surface area contributed by atoms with E-state index in [0.29, 0.717) is 62.3 Å². The molecular formula is C39H52FN3O7Si. The summed E-state index contributed by atoms with van der Waals surface area (Å²) in [4.78, 5) is 59.3. The smallest absolute Gasteiger partial charge is 0.305 e. The highest BCUT2D eigenvalue weighted by atomic mass is 28.4. The number of hydrogen-bond donors (Lipinski definition) is 1. The standard InChI is InChI=1S/C39H52FN3O7Si/c1-26-37(51(3,4)40)33(23-35(46)43-24-28-14-9-8-13-27(28)21-30(43)25-44)50-39(26)31-22-29(41-19-11-6-5-7-15-34(41)45)17-18-32(31)42(38(39)48)20-12-10-16-36(47)49-2/h8-9,13-14,17-18,22,26,30,33,37,44H,5-7,10-12,15-16,19-21,23-25H2,1-4H3/t26-,30+,33+,37-,39+/m1/s1. The number of carbonyl (C=O) groups excluding carboxylic acids is 4. The SMILES string of the molecule is COC(=O)CCCCN1C(=O)[C@@]2(O[C@@H](CC(=O)N3Cc4ccccc4C[C@H]3CO)[C@H]([Si](C)(C)F)[C@H]2C)c2cc(N3CCCCCCC3=O)ccc21. The third-order valence-corrected chi connectivity index (χ3v) is 14.0. The molecule has 51 heavy (non-hydrogen) atoms. The predicted molar refractivity (Wildman–Crippen MR) is 194 cm³/mol. The first-order chi connectivity index (χ1) is 24.4. The van der Waals surface area contributed by atoms with E-state index < -0.39 is 37.6 Å². The number of anilines is 2.